The summed E-state index contributed by atoms with van der Waals surface area (Å²) in [6.45, 7) is 1.37. The molecule has 1 aromatic rings. The highest BCUT2D eigenvalue weighted by molar-refractivity contribution is 5.95. The summed E-state index contributed by atoms with van der Waals surface area (Å²) >= 11 is 0. The van der Waals surface area contributed by atoms with Gasteiger partial charge in [-0.3, -0.25) is 4.79 Å². The third-order valence-corrected chi connectivity index (χ3v) is 5.89. The lowest BCUT2D eigenvalue weighted by Gasteiger charge is -2.55. The van der Waals surface area contributed by atoms with Crippen molar-refractivity contribution in [1.29, 1.82) is 0 Å². The molecule has 3 heteroatoms. The van der Waals surface area contributed by atoms with E-state index in [9.17, 15) is 9.90 Å². The lowest BCUT2D eigenvalue weighted by atomic mass is 9.49. The zero-order valence-electron chi connectivity index (χ0n) is 12.0. The fourth-order valence-corrected chi connectivity index (χ4v) is 5.52. The van der Waals surface area contributed by atoms with Gasteiger partial charge in [0.1, 0.15) is 18.1 Å². The van der Waals surface area contributed by atoms with Gasteiger partial charge in [0.2, 0.25) is 0 Å². The second kappa shape index (κ2) is 4.20. The Labute approximate surface area is 119 Å². The van der Waals surface area contributed by atoms with Gasteiger partial charge in [-0.25, -0.2) is 0 Å². The molecule has 0 saturated heterocycles. The first-order chi connectivity index (χ1) is 9.59. The molecule has 108 valence electrons. The average molecular weight is 274 g/mol. The van der Waals surface area contributed by atoms with Crippen molar-refractivity contribution in [1.82, 2.24) is 0 Å². The van der Waals surface area contributed by atoms with E-state index in [1.54, 1.807) is 6.92 Å². The molecule has 4 saturated carbocycles. The summed E-state index contributed by atoms with van der Waals surface area (Å²) in [6.07, 6.45) is 7.84. The van der Waals surface area contributed by atoms with E-state index < -0.39 is 0 Å². The van der Waals surface area contributed by atoms with Crippen LogP contribution in [-0.2, 0) is 12.0 Å². The number of rotatable bonds is 3. The highest BCUT2D eigenvalue weighted by atomic mass is 16.4. The molecule has 0 amide bonds. The van der Waals surface area contributed by atoms with Crippen LogP contribution in [0.1, 0.15) is 67.3 Å². The summed E-state index contributed by atoms with van der Waals surface area (Å²) in [5, 5.41) is 9.42. The van der Waals surface area contributed by atoms with Crippen LogP contribution in [0.25, 0.3) is 0 Å². The van der Waals surface area contributed by atoms with E-state index in [-0.39, 0.29) is 17.8 Å². The lowest BCUT2D eigenvalue weighted by molar-refractivity contribution is -0.0160. The standard InChI is InChI=1S/C17H22O3/c1-10(19)14-5-16(20-15(14)9-18)17-6-11-2-12(7-17)4-13(3-11)8-17/h5,11-13,18H,2-4,6-9H2,1H3. The van der Waals surface area contributed by atoms with Crippen LogP contribution in [0.4, 0.5) is 0 Å². The van der Waals surface area contributed by atoms with Crippen LogP contribution in [0.3, 0.4) is 0 Å². The molecule has 1 heterocycles. The van der Waals surface area contributed by atoms with Crippen molar-refractivity contribution in [2.45, 2.75) is 57.5 Å². The Hall–Kier alpha value is -1.09. The Balaban J connectivity index is 1.75. The van der Waals surface area contributed by atoms with Gasteiger partial charge in [-0.15, -0.1) is 0 Å². The summed E-state index contributed by atoms with van der Waals surface area (Å²) in [4.78, 5) is 11.7. The molecule has 1 aromatic heterocycles. The zero-order chi connectivity index (χ0) is 13.9. The van der Waals surface area contributed by atoms with Crippen molar-refractivity contribution >= 4 is 5.78 Å². The molecule has 3 nitrogen and oxygen atoms in total. The molecule has 0 radical (unpaired) electrons. The largest absolute Gasteiger partial charge is 0.462 e. The summed E-state index contributed by atoms with van der Waals surface area (Å²) in [5.74, 6) is 3.99. The Morgan fingerprint density at radius 2 is 1.80 bits per heavy atom. The van der Waals surface area contributed by atoms with E-state index in [1.165, 1.54) is 38.5 Å². The molecule has 0 aliphatic heterocycles. The molecular weight excluding hydrogens is 252 g/mol. The maximum Gasteiger partial charge on any atom is 0.163 e. The number of furan rings is 1. The molecule has 4 fully saturated rings. The molecular formula is C17H22O3. The Bertz CT molecular complexity index is 519. The van der Waals surface area contributed by atoms with Gasteiger partial charge in [0.15, 0.2) is 5.78 Å². The Morgan fingerprint density at radius 1 is 1.25 bits per heavy atom. The first kappa shape index (κ1) is 12.6. The molecule has 0 atom stereocenters. The highest BCUT2D eigenvalue weighted by Gasteiger charge is 2.53. The second-order valence-electron chi connectivity index (χ2n) is 7.36. The quantitative estimate of drug-likeness (QED) is 0.859. The first-order valence-corrected chi connectivity index (χ1v) is 7.84. The minimum Gasteiger partial charge on any atom is -0.462 e. The lowest BCUT2D eigenvalue weighted by Crippen LogP contribution is -2.48. The normalized spacial score (nSPS) is 38.4. The predicted octanol–water partition coefficient (Wildman–Crippen LogP) is 3.44. The van der Waals surface area contributed by atoms with Crippen molar-refractivity contribution in [2.24, 2.45) is 17.8 Å². The van der Waals surface area contributed by atoms with Gasteiger partial charge in [-0.1, -0.05) is 0 Å². The topological polar surface area (TPSA) is 50.4 Å². The number of carbonyl (C=O) groups excluding carboxylic acids is 1. The molecule has 5 rings (SSSR count). The molecule has 4 aliphatic carbocycles. The Morgan fingerprint density at radius 3 is 2.20 bits per heavy atom. The maximum absolute atomic E-state index is 11.7. The molecule has 20 heavy (non-hydrogen) atoms. The minimum absolute atomic E-state index is 0.00576. The van der Waals surface area contributed by atoms with Crippen molar-refractivity contribution in [3.63, 3.8) is 0 Å². The van der Waals surface area contributed by atoms with Crippen LogP contribution >= 0.6 is 0 Å². The number of aliphatic hydroxyl groups excluding tert-OH is 1. The number of carbonyl (C=O) groups is 1. The van der Waals surface area contributed by atoms with Crippen molar-refractivity contribution in [3.05, 3.63) is 23.2 Å². The van der Waals surface area contributed by atoms with Crippen molar-refractivity contribution in [2.75, 3.05) is 0 Å². The SMILES string of the molecule is CC(=O)c1cc(C23CC4CC(CC(C4)C2)C3)oc1CO. The van der Waals surface area contributed by atoms with E-state index >= 15 is 0 Å². The van der Waals surface area contributed by atoms with E-state index in [0.29, 0.717) is 11.3 Å². The summed E-state index contributed by atoms with van der Waals surface area (Å²) in [6, 6.07) is 1.93. The number of aliphatic hydroxyl groups is 1. The molecule has 4 bridgehead atoms. The number of ketones is 1. The van der Waals surface area contributed by atoms with Gasteiger partial charge in [-0.2, -0.15) is 0 Å². The Kier molecular flexibility index (Phi) is 2.65. The maximum atomic E-state index is 11.7. The van der Waals surface area contributed by atoms with Crippen LogP contribution in [-0.4, -0.2) is 10.9 Å². The zero-order valence-corrected chi connectivity index (χ0v) is 12.0. The molecule has 1 N–H and O–H groups in total. The van der Waals surface area contributed by atoms with E-state index in [2.05, 4.69) is 0 Å². The number of hydrogen-bond acceptors (Lipinski definition) is 3. The summed E-state index contributed by atoms with van der Waals surface area (Å²) in [7, 11) is 0. The van der Waals surface area contributed by atoms with Gasteiger partial charge < -0.3 is 9.52 Å². The first-order valence-electron chi connectivity index (χ1n) is 7.84. The fourth-order valence-electron chi connectivity index (χ4n) is 5.52. The van der Waals surface area contributed by atoms with Gasteiger partial charge >= 0.3 is 0 Å². The third kappa shape index (κ3) is 1.72. The second-order valence-corrected chi connectivity index (χ2v) is 7.36. The molecule has 4 aliphatic rings. The minimum atomic E-state index is -0.179. The number of hydrogen-bond donors (Lipinski definition) is 1. The van der Waals surface area contributed by atoms with E-state index in [1.807, 2.05) is 6.07 Å². The molecule has 0 spiro atoms. The summed E-state index contributed by atoms with van der Waals surface area (Å²) < 4.78 is 5.94. The van der Waals surface area contributed by atoms with Crippen LogP contribution in [0, 0.1) is 17.8 Å². The van der Waals surface area contributed by atoms with Crippen molar-refractivity contribution in [3.8, 4) is 0 Å². The summed E-state index contributed by atoms with van der Waals surface area (Å²) in [5.41, 5.74) is 0.741. The average Bonchev–Trinajstić information content (AvgIpc) is 2.82. The van der Waals surface area contributed by atoms with Gasteiger partial charge in [-0.05, 0) is 69.3 Å². The number of Topliss-reactive ketones (excluding diaryl/α,β-unsaturated/α-hetero) is 1. The molecule has 0 unspecified atom stereocenters. The van der Waals surface area contributed by atoms with Crippen LogP contribution < -0.4 is 0 Å². The van der Waals surface area contributed by atoms with Gasteiger partial charge in [0.05, 0.1) is 5.56 Å². The van der Waals surface area contributed by atoms with Crippen LogP contribution in [0.15, 0.2) is 10.5 Å². The van der Waals surface area contributed by atoms with Gasteiger partial charge in [0, 0.05) is 5.41 Å². The highest BCUT2D eigenvalue weighted by Crippen LogP contribution is 2.61. The monoisotopic (exact) mass is 274 g/mol. The van der Waals surface area contributed by atoms with Crippen molar-refractivity contribution < 1.29 is 14.3 Å². The van der Waals surface area contributed by atoms with Gasteiger partial charge in [0.25, 0.3) is 0 Å². The third-order valence-electron chi connectivity index (χ3n) is 5.89. The van der Waals surface area contributed by atoms with E-state index in [4.69, 9.17) is 4.42 Å². The van der Waals surface area contributed by atoms with E-state index in [0.717, 1.165) is 23.5 Å². The van der Waals surface area contributed by atoms with Crippen LogP contribution in [0.2, 0.25) is 0 Å². The molecule has 0 aromatic carbocycles. The fraction of sp³-hybridized carbons (Fsp3) is 0.706. The smallest absolute Gasteiger partial charge is 0.163 e. The van der Waals surface area contributed by atoms with Crippen LogP contribution in [0.5, 0.6) is 0 Å². The predicted molar refractivity (Wildman–Crippen MR) is 74.5 cm³/mol.